The first-order valence-corrected chi connectivity index (χ1v) is 9.25. The fraction of sp³-hybridized carbons (Fsp3) is 0.467. The Bertz CT molecular complexity index is 855. The Balaban J connectivity index is 2.14. The highest BCUT2D eigenvalue weighted by Crippen LogP contribution is 2.38. The number of carbonyl (C=O) groups is 2. The van der Waals surface area contributed by atoms with Crippen molar-refractivity contribution in [2.75, 3.05) is 6.61 Å². The van der Waals surface area contributed by atoms with Crippen molar-refractivity contribution >= 4 is 21.8 Å². The monoisotopic (exact) mass is 386 g/mol. The number of aliphatic hydroxyl groups excluding tert-OH is 3. The smallest absolute Gasteiger partial charge is 0.266 e. The van der Waals surface area contributed by atoms with Crippen LogP contribution in [0.2, 0.25) is 0 Å². The first kappa shape index (κ1) is 18.7. The fourth-order valence-electron chi connectivity index (χ4n) is 3.26. The molecule has 3 rings (SSSR count). The van der Waals surface area contributed by atoms with Crippen molar-refractivity contribution < 1.29 is 38.1 Å². The summed E-state index contributed by atoms with van der Waals surface area (Å²) in [4.78, 5) is 23.1. The molecule has 1 fully saturated rings. The molecule has 5 atom stereocenters. The lowest BCUT2D eigenvalue weighted by molar-refractivity contribution is -0.198. The van der Waals surface area contributed by atoms with Crippen LogP contribution < -0.4 is 10.0 Å². The highest BCUT2D eigenvalue weighted by Gasteiger charge is 2.48. The summed E-state index contributed by atoms with van der Waals surface area (Å²) in [7, 11) is -4.14. The van der Waals surface area contributed by atoms with Crippen LogP contribution in [-0.4, -0.2) is 66.5 Å². The average molecular weight is 386 g/mol. The molecule has 5 N–H and O–H groups in total. The highest BCUT2D eigenvalue weighted by atomic mass is 32.2. The molecule has 0 aliphatic carbocycles. The third-order valence-corrected chi connectivity index (χ3v) is 5.84. The summed E-state index contributed by atoms with van der Waals surface area (Å²) >= 11 is 0. The molecule has 0 saturated carbocycles. The van der Waals surface area contributed by atoms with Crippen LogP contribution in [0.1, 0.15) is 28.9 Å². The van der Waals surface area contributed by atoms with Crippen molar-refractivity contribution in [3.05, 3.63) is 29.3 Å². The zero-order valence-corrected chi connectivity index (χ0v) is 14.4. The van der Waals surface area contributed by atoms with Gasteiger partial charge in [-0.25, -0.2) is 13.1 Å². The third-order valence-electron chi connectivity index (χ3n) is 4.39. The average Bonchev–Trinajstić information content (AvgIpc) is 2.81. The van der Waals surface area contributed by atoms with Gasteiger partial charge in [0.1, 0.15) is 29.3 Å². The van der Waals surface area contributed by atoms with Gasteiger partial charge in [-0.3, -0.25) is 9.59 Å². The molecule has 142 valence electrons. The van der Waals surface area contributed by atoms with Crippen molar-refractivity contribution in [1.29, 1.82) is 0 Å². The van der Waals surface area contributed by atoms with Crippen molar-refractivity contribution in [2.45, 2.75) is 42.3 Å². The van der Waals surface area contributed by atoms with Gasteiger partial charge in [0, 0.05) is 12.5 Å². The van der Waals surface area contributed by atoms with Crippen LogP contribution in [-0.2, 0) is 19.6 Å². The Labute approximate surface area is 148 Å². The second-order valence-electron chi connectivity index (χ2n) is 6.14. The van der Waals surface area contributed by atoms with Gasteiger partial charge in [0.15, 0.2) is 0 Å². The van der Waals surface area contributed by atoms with Crippen molar-refractivity contribution in [1.82, 2.24) is 10.0 Å². The summed E-state index contributed by atoms with van der Waals surface area (Å²) < 4.78 is 32.1. The normalized spacial score (nSPS) is 32.6. The SMILES string of the molecule is CC(=O)N[C@@H]1[C@@H](O)[C@@H](O)[C@@H](CO)O[C@@H]1c1cccc2c1S(=O)(=O)NC2=O. The van der Waals surface area contributed by atoms with E-state index < -0.39 is 58.9 Å². The zero-order valence-electron chi connectivity index (χ0n) is 13.6. The number of hydrogen-bond donors (Lipinski definition) is 5. The molecule has 2 heterocycles. The number of hydrogen-bond acceptors (Lipinski definition) is 8. The number of fused-ring (bicyclic) bond motifs is 1. The largest absolute Gasteiger partial charge is 0.394 e. The molecule has 1 aromatic rings. The molecule has 2 amide bonds. The summed E-state index contributed by atoms with van der Waals surface area (Å²) in [5.41, 5.74) is -0.0576. The Kier molecular flexibility index (Phi) is 4.75. The lowest BCUT2D eigenvalue weighted by atomic mass is 9.88. The van der Waals surface area contributed by atoms with Gasteiger partial charge in [0.25, 0.3) is 15.9 Å². The molecule has 2 aliphatic heterocycles. The third kappa shape index (κ3) is 2.97. The number of rotatable bonds is 3. The molecular formula is C15H18N2O8S. The minimum Gasteiger partial charge on any atom is -0.394 e. The molecule has 26 heavy (non-hydrogen) atoms. The molecule has 0 radical (unpaired) electrons. The van der Waals surface area contributed by atoms with E-state index in [4.69, 9.17) is 4.74 Å². The second-order valence-corrected chi connectivity index (χ2v) is 7.76. The van der Waals surface area contributed by atoms with Crippen LogP contribution in [0, 0.1) is 0 Å². The summed E-state index contributed by atoms with van der Waals surface area (Å²) in [5, 5.41) is 32.2. The maximum atomic E-state index is 12.3. The van der Waals surface area contributed by atoms with Crippen molar-refractivity contribution in [3.8, 4) is 0 Å². The lowest BCUT2D eigenvalue weighted by Gasteiger charge is -2.43. The predicted octanol–water partition coefficient (Wildman–Crippen LogP) is -2.22. The van der Waals surface area contributed by atoms with Gasteiger partial charge < -0.3 is 25.4 Å². The van der Waals surface area contributed by atoms with Gasteiger partial charge in [-0.2, -0.15) is 0 Å². The van der Waals surface area contributed by atoms with Crippen LogP contribution in [0.25, 0.3) is 0 Å². The van der Waals surface area contributed by atoms with Crippen LogP contribution in [0.4, 0.5) is 0 Å². The summed E-state index contributed by atoms with van der Waals surface area (Å²) in [6, 6.07) is 2.95. The fourth-order valence-corrected chi connectivity index (χ4v) is 4.66. The van der Waals surface area contributed by atoms with Crippen LogP contribution in [0.3, 0.4) is 0 Å². The van der Waals surface area contributed by atoms with E-state index in [1.165, 1.54) is 25.1 Å². The molecule has 1 saturated heterocycles. The molecule has 0 unspecified atom stereocenters. The van der Waals surface area contributed by atoms with Gasteiger partial charge in [0.05, 0.1) is 18.2 Å². The van der Waals surface area contributed by atoms with E-state index in [9.17, 15) is 33.3 Å². The van der Waals surface area contributed by atoms with Gasteiger partial charge in [-0.05, 0) is 6.07 Å². The second kappa shape index (κ2) is 6.59. The van der Waals surface area contributed by atoms with E-state index in [-0.39, 0.29) is 16.0 Å². The minimum absolute atomic E-state index is 0.0315. The maximum Gasteiger partial charge on any atom is 0.266 e. The van der Waals surface area contributed by atoms with E-state index in [1.807, 2.05) is 4.72 Å². The van der Waals surface area contributed by atoms with Crippen LogP contribution in [0.15, 0.2) is 23.1 Å². The van der Waals surface area contributed by atoms with E-state index in [0.717, 1.165) is 0 Å². The van der Waals surface area contributed by atoms with Crippen LogP contribution >= 0.6 is 0 Å². The number of aliphatic hydroxyl groups is 3. The molecular weight excluding hydrogens is 368 g/mol. The molecule has 1 aromatic carbocycles. The number of carbonyl (C=O) groups excluding carboxylic acids is 2. The highest BCUT2D eigenvalue weighted by molar-refractivity contribution is 7.90. The van der Waals surface area contributed by atoms with E-state index in [1.54, 1.807) is 0 Å². The quantitative estimate of drug-likeness (QED) is 0.390. The predicted molar refractivity (Wildman–Crippen MR) is 85.4 cm³/mol. The molecule has 11 heteroatoms. The summed E-state index contributed by atoms with van der Waals surface area (Å²) in [6.45, 7) is 0.548. The number of sulfonamides is 1. The van der Waals surface area contributed by atoms with Crippen LogP contribution in [0.5, 0.6) is 0 Å². The van der Waals surface area contributed by atoms with Gasteiger partial charge >= 0.3 is 0 Å². The number of nitrogens with one attached hydrogen (secondary N) is 2. The Morgan fingerprint density at radius 3 is 2.62 bits per heavy atom. The van der Waals surface area contributed by atoms with Gasteiger partial charge in [-0.1, -0.05) is 12.1 Å². The lowest BCUT2D eigenvalue weighted by Crippen LogP contribution is -2.60. The Morgan fingerprint density at radius 2 is 2.00 bits per heavy atom. The van der Waals surface area contributed by atoms with Crippen molar-refractivity contribution in [2.24, 2.45) is 0 Å². The van der Waals surface area contributed by atoms with Gasteiger partial charge in [-0.15, -0.1) is 0 Å². The van der Waals surface area contributed by atoms with E-state index in [2.05, 4.69) is 5.32 Å². The number of benzene rings is 1. The number of ether oxygens (including phenoxy) is 1. The molecule has 0 spiro atoms. The first-order chi connectivity index (χ1) is 12.2. The zero-order chi connectivity index (χ0) is 19.2. The molecule has 10 nitrogen and oxygen atoms in total. The van der Waals surface area contributed by atoms with E-state index >= 15 is 0 Å². The molecule has 2 aliphatic rings. The van der Waals surface area contributed by atoms with Gasteiger partial charge in [0.2, 0.25) is 5.91 Å². The topological polar surface area (TPSA) is 162 Å². The van der Waals surface area contributed by atoms with E-state index in [0.29, 0.717) is 0 Å². The molecule has 0 aromatic heterocycles. The standard InChI is InChI=1S/C15H18N2O8S/c1-6(19)16-10-12(21)11(20)9(5-18)25-13(10)7-3-2-4-8-14(7)26(23,24)17-15(8)22/h2-4,9-13,18,20-21H,5H2,1H3,(H,16,19)(H,17,22)/t9-,10-,11+,12-,13-/m1/s1. The van der Waals surface area contributed by atoms with Crippen molar-refractivity contribution in [3.63, 3.8) is 0 Å². The Hall–Kier alpha value is -2.05. The maximum absolute atomic E-state index is 12.3. The number of amides is 2. The Morgan fingerprint density at radius 1 is 1.31 bits per heavy atom. The summed E-state index contributed by atoms with van der Waals surface area (Å²) in [6.07, 6.45) is -5.45. The summed E-state index contributed by atoms with van der Waals surface area (Å²) in [5.74, 6) is -1.34. The molecule has 0 bridgehead atoms. The minimum atomic E-state index is -4.14. The first-order valence-electron chi connectivity index (χ1n) is 7.77.